The maximum absolute atomic E-state index is 12.6. The van der Waals surface area contributed by atoms with Crippen LogP contribution in [0.25, 0.3) is 10.2 Å². The number of hydrogen-bond donors (Lipinski definition) is 4. The van der Waals surface area contributed by atoms with Crippen molar-refractivity contribution in [3.05, 3.63) is 90.0 Å². The van der Waals surface area contributed by atoms with Gasteiger partial charge in [0.05, 0.1) is 29.2 Å². The van der Waals surface area contributed by atoms with E-state index in [-0.39, 0.29) is 30.5 Å². The van der Waals surface area contributed by atoms with Gasteiger partial charge in [-0.3, -0.25) is 14.4 Å². The molecule has 0 aliphatic carbocycles. The number of phenolic OH excluding ortho intramolecular Hbond substituents is 1. The van der Waals surface area contributed by atoms with E-state index in [0.717, 1.165) is 10.3 Å². The largest absolute Gasteiger partial charge is 0.508 e. The number of fused-ring (bicyclic) bond motifs is 1. The average Bonchev–Trinajstić information content (AvgIpc) is 3.24. The quantitative estimate of drug-likeness (QED) is 0.311. The van der Waals surface area contributed by atoms with Crippen LogP contribution < -0.4 is 16.0 Å². The number of aromatic nitrogens is 1. The Balaban J connectivity index is 1.35. The van der Waals surface area contributed by atoms with Crippen molar-refractivity contribution in [2.75, 3.05) is 11.9 Å². The van der Waals surface area contributed by atoms with Crippen LogP contribution in [0.5, 0.6) is 5.75 Å². The molecule has 0 aliphatic heterocycles. The number of anilines is 1. The number of aromatic hydroxyl groups is 1. The lowest BCUT2D eigenvalue weighted by Gasteiger charge is -2.19. The molecule has 1 heterocycles. The monoisotopic (exact) mass is 474 g/mol. The van der Waals surface area contributed by atoms with Gasteiger partial charge in [0, 0.05) is 5.56 Å². The van der Waals surface area contributed by atoms with Gasteiger partial charge < -0.3 is 21.1 Å². The Morgan fingerprint density at radius 3 is 2.35 bits per heavy atom. The molecule has 0 aliphatic rings. The van der Waals surface area contributed by atoms with E-state index in [0.29, 0.717) is 16.2 Å². The zero-order valence-corrected chi connectivity index (χ0v) is 18.8. The molecular formula is C25H22N4O4S. The molecule has 0 fully saturated rings. The van der Waals surface area contributed by atoms with E-state index in [4.69, 9.17) is 0 Å². The average molecular weight is 475 g/mol. The van der Waals surface area contributed by atoms with Crippen LogP contribution in [-0.4, -0.2) is 34.4 Å². The lowest BCUT2D eigenvalue weighted by atomic mass is 10.0. The van der Waals surface area contributed by atoms with Crippen LogP contribution in [0.15, 0.2) is 78.9 Å². The first-order chi connectivity index (χ1) is 16.5. The molecule has 1 atom stereocenters. The fourth-order valence-corrected chi connectivity index (χ4v) is 4.25. The molecule has 1 aromatic heterocycles. The fourth-order valence-electron chi connectivity index (χ4n) is 3.34. The number of rotatable bonds is 8. The van der Waals surface area contributed by atoms with Gasteiger partial charge in [0.15, 0.2) is 5.13 Å². The summed E-state index contributed by atoms with van der Waals surface area (Å²) in [7, 11) is 0. The highest BCUT2D eigenvalue weighted by Crippen LogP contribution is 2.28. The highest BCUT2D eigenvalue weighted by Gasteiger charge is 2.20. The minimum Gasteiger partial charge on any atom is -0.508 e. The number of carbonyl (C=O) groups is 3. The molecule has 0 saturated heterocycles. The summed E-state index contributed by atoms with van der Waals surface area (Å²) >= 11 is 1.22. The summed E-state index contributed by atoms with van der Waals surface area (Å²) in [6.45, 7) is -0.242. The lowest BCUT2D eigenvalue weighted by Crippen LogP contribution is -2.37. The molecule has 3 aromatic carbocycles. The molecule has 0 spiro atoms. The molecule has 0 saturated carbocycles. The van der Waals surface area contributed by atoms with E-state index in [1.807, 2.05) is 36.4 Å². The summed E-state index contributed by atoms with van der Waals surface area (Å²) in [5.74, 6) is -0.983. The summed E-state index contributed by atoms with van der Waals surface area (Å²) in [5, 5.41) is 18.1. The highest BCUT2D eigenvalue weighted by atomic mass is 32.1. The Morgan fingerprint density at radius 1 is 0.912 bits per heavy atom. The molecular weight excluding hydrogens is 452 g/mol. The van der Waals surface area contributed by atoms with Gasteiger partial charge in [-0.1, -0.05) is 59.9 Å². The van der Waals surface area contributed by atoms with E-state index in [2.05, 4.69) is 20.9 Å². The number of nitrogens with one attached hydrogen (secondary N) is 3. The van der Waals surface area contributed by atoms with Gasteiger partial charge in [0.25, 0.3) is 5.91 Å². The standard InChI is InChI=1S/C25H22N4O4S/c30-18-11-12-19-21(13-18)34-25(28-19)29-23(32)15-26-22(31)14-20(16-7-3-1-4-8-16)27-24(33)17-9-5-2-6-10-17/h1-13,20,30H,14-15H2,(H,26,31)(H,27,33)(H,28,29,32). The van der Waals surface area contributed by atoms with Crippen molar-refractivity contribution in [1.82, 2.24) is 15.6 Å². The molecule has 8 nitrogen and oxygen atoms in total. The number of nitrogens with zero attached hydrogens (tertiary/aromatic N) is 1. The SMILES string of the molecule is O=C(CC(NC(=O)c1ccccc1)c1ccccc1)NCC(=O)Nc1nc2ccc(O)cc2s1. The van der Waals surface area contributed by atoms with Crippen molar-refractivity contribution >= 4 is 44.4 Å². The van der Waals surface area contributed by atoms with Crippen LogP contribution in [-0.2, 0) is 9.59 Å². The predicted octanol–water partition coefficient (Wildman–Crippen LogP) is 3.62. The van der Waals surface area contributed by atoms with Gasteiger partial charge in [-0.05, 0) is 35.9 Å². The summed E-state index contributed by atoms with van der Waals surface area (Å²) in [6.07, 6.45) is -0.0315. The van der Waals surface area contributed by atoms with Crippen molar-refractivity contribution in [3.63, 3.8) is 0 Å². The Labute approximate surface area is 199 Å². The van der Waals surface area contributed by atoms with E-state index < -0.39 is 11.9 Å². The third-order valence-corrected chi connectivity index (χ3v) is 5.93. The van der Waals surface area contributed by atoms with Crippen LogP contribution in [0, 0.1) is 0 Å². The second-order valence-corrected chi connectivity index (χ2v) is 8.53. The van der Waals surface area contributed by atoms with Gasteiger partial charge in [0.2, 0.25) is 11.8 Å². The van der Waals surface area contributed by atoms with E-state index >= 15 is 0 Å². The number of hydrogen-bond acceptors (Lipinski definition) is 6. The zero-order chi connectivity index (χ0) is 23.9. The minimum atomic E-state index is -0.561. The van der Waals surface area contributed by atoms with Crippen molar-refractivity contribution in [2.45, 2.75) is 12.5 Å². The number of benzene rings is 3. The van der Waals surface area contributed by atoms with E-state index in [9.17, 15) is 19.5 Å². The second kappa shape index (κ2) is 10.6. The lowest BCUT2D eigenvalue weighted by molar-refractivity contribution is -0.124. The van der Waals surface area contributed by atoms with E-state index in [1.54, 1.807) is 36.4 Å². The maximum Gasteiger partial charge on any atom is 0.251 e. The molecule has 9 heteroatoms. The Hall–Kier alpha value is -4.24. The molecule has 0 radical (unpaired) electrons. The Kier molecular flexibility index (Phi) is 7.14. The van der Waals surface area contributed by atoms with Gasteiger partial charge >= 0.3 is 0 Å². The van der Waals surface area contributed by atoms with Crippen LogP contribution in [0.3, 0.4) is 0 Å². The first-order valence-corrected chi connectivity index (χ1v) is 11.4. The molecule has 34 heavy (non-hydrogen) atoms. The first-order valence-electron chi connectivity index (χ1n) is 10.5. The van der Waals surface area contributed by atoms with Crippen LogP contribution in [0.4, 0.5) is 5.13 Å². The molecule has 4 aromatic rings. The van der Waals surface area contributed by atoms with Crippen molar-refractivity contribution < 1.29 is 19.5 Å². The fraction of sp³-hybridized carbons (Fsp3) is 0.120. The molecule has 4 N–H and O–H groups in total. The number of amides is 3. The van der Waals surface area contributed by atoms with Crippen molar-refractivity contribution in [3.8, 4) is 5.75 Å². The van der Waals surface area contributed by atoms with Gasteiger partial charge in [-0.25, -0.2) is 4.98 Å². The second-order valence-electron chi connectivity index (χ2n) is 7.50. The predicted molar refractivity (Wildman–Crippen MR) is 131 cm³/mol. The molecule has 1 unspecified atom stereocenters. The summed E-state index contributed by atoms with van der Waals surface area (Å²) < 4.78 is 0.735. The first kappa shape index (κ1) is 22.9. The Morgan fingerprint density at radius 2 is 1.62 bits per heavy atom. The summed E-state index contributed by atoms with van der Waals surface area (Å²) in [5.41, 5.74) is 1.93. The topological polar surface area (TPSA) is 120 Å². The van der Waals surface area contributed by atoms with Gasteiger partial charge in [-0.2, -0.15) is 0 Å². The van der Waals surface area contributed by atoms with Crippen LogP contribution in [0.2, 0.25) is 0 Å². The Bertz CT molecular complexity index is 1310. The molecule has 0 bridgehead atoms. The van der Waals surface area contributed by atoms with Crippen molar-refractivity contribution in [1.29, 1.82) is 0 Å². The number of carbonyl (C=O) groups excluding carboxylic acids is 3. The highest BCUT2D eigenvalue weighted by molar-refractivity contribution is 7.22. The molecule has 172 valence electrons. The summed E-state index contributed by atoms with van der Waals surface area (Å²) in [4.78, 5) is 41.8. The number of phenols is 1. The van der Waals surface area contributed by atoms with Crippen molar-refractivity contribution in [2.24, 2.45) is 0 Å². The van der Waals surface area contributed by atoms with Crippen LogP contribution in [0.1, 0.15) is 28.4 Å². The summed E-state index contributed by atoms with van der Waals surface area (Å²) in [6, 6.07) is 22.1. The van der Waals surface area contributed by atoms with Crippen LogP contribution >= 0.6 is 11.3 Å². The maximum atomic E-state index is 12.6. The molecule has 3 amide bonds. The van der Waals surface area contributed by atoms with Gasteiger partial charge in [0.1, 0.15) is 5.75 Å². The third kappa shape index (κ3) is 5.96. The van der Waals surface area contributed by atoms with E-state index in [1.165, 1.54) is 17.4 Å². The zero-order valence-electron chi connectivity index (χ0n) is 18.0. The minimum absolute atomic E-state index is 0.0315. The normalized spacial score (nSPS) is 11.5. The smallest absolute Gasteiger partial charge is 0.251 e. The van der Waals surface area contributed by atoms with Gasteiger partial charge in [-0.15, -0.1) is 0 Å². The molecule has 4 rings (SSSR count). The number of thiazole rings is 1. The third-order valence-electron chi connectivity index (χ3n) is 5.00.